The van der Waals surface area contributed by atoms with Crippen LogP contribution in [-0.2, 0) is 13.1 Å². The molecule has 5 heteroatoms. The molecule has 0 aliphatic carbocycles. The van der Waals surface area contributed by atoms with Gasteiger partial charge in [-0.25, -0.2) is 9.18 Å². The van der Waals surface area contributed by atoms with Crippen LogP contribution in [0.2, 0.25) is 0 Å². The summed E-state index contributed by atoms with van der Waals surface area (Å²) in [5, 5.41) is 5.36. The second-order valence-electron chi connectivity index (χ2n) is 5.38. The van der Waals surface area contributed by atoms with Crippen LogP contribution in [0.25, 0.3) is 0 Å². The molecule has 0 aliphatic rings. The molecule has 2 amide bonds. The summed E-state index contributed by atoms with van der Waals surface area (Å²) in [6, 6.07) is 13.5. The summed E-state index contributed by atoms with van der Waals surface area (Å²) in [5.41, 5.74) is 2.64. The molecule has 0 unspecified atom stereocenters. The number of urea groups is 1. The minimum Gasteiger partial charge on any atom is -0.334 e. The second kappa shape index (κ2) is 7.56. The number of carbonyl (C=O) groups is 1. The standard InChI is InChI=1S/C17H20FN3O/c1-21(2)12-14-6-3-5-13(9-14)11-19-17(22)20-16-8-4-7-15(18)10-16/h3-10H,11-12H2,1-2H3,(H2,19,20,22). The summed E-state index contributed by atoms with van der Waals surface area (Å²) >= 11 is 0. The summed E-state index contributed by atoms with van der Waals surface area (Å²) in [6.45, 7) is 1.27. The molecule has 2 aromatic rings. The van der Waals surface area contributed by atoms with Gasteiger partial charge in [-0.2, -0.15) is 0 Å². The number of nitrogens with one attached hydrogen (secondary N) is 2. The second-order valence-corrected chi connectivity index (χ2v) is 5.38. The van der Waals surface area contributed by atoms with Gasteiger partial charge in [0.05, 0.1) is 0 Å². The van der Waals surface area contributed by atoms with Crippen LogP contribution in [0.15, 0.2) is 48.5 Å². The van der Waals surface area contributed by atoms with E-state index in [4.69, 9.17) is 0 Å². The van der Waals surface area contributed by atoms with Crippen LogP contribution in [0.5, 0.6) is 0 Å². The molecule has 0 radical (unpaired) electrons. The smallest absolute Gasteiger partial charge is 0.319 e. The Balaban J connectivity index is 1.88. The molecule has 0 saturated heterocycles. The van der Waals surface area contributed by atoms with Gasteiger partial charge in [-0.05, 0) is 43.4 Å². The van der Waals surface area contributed by atoms with E-state index in [-0.39, 0.29) is 11.8 Å². The molecule has 0 fully saturated rings. The van der Waals surface area contributed by atoms with Gasteiger partial charge >= 0.3 is 6.03 Å². The maximum atomic E-state index is 13.0. The highest BCUT2D eigenvalue weighted by molar-refractivity contribution is 5.89. The number of nitrogens with zero attached hydrogens (tertiary/aromatic N) is 1. The Morgan fingerprint density at radius 3 is 2.55 bits per heavy atom. The van der Waals surface area contributed by atoms with Crippen molar-refractivity contribution in [1.29, 1.82) is 0 Å². The average Bonchev–Trinajstić information content (AvgIpc) is 2.45. The van der Waals surface area contributed by atoms with Crippen LogP contribution in [0.1, 0.15) is 11.1 Å². The van der Waals surface area contributed by atoms with E-state index in [0.29, 0.717) is 12.2 Å². The first-order valence-corrected chi connectivity index (χ1v) is 7.06. The van der Waals surface area contributed by atoms with Gasteiger partial charge in [-0.1, -0.05) is 30.3 Å². The highest BCUT2D eigenvalue weighted by Gasteiger charge is 2.03. The topological polar surface area (TPSA) is 44.4 Å². The third kappa shape index (κ3) is 5.18. The lowest BCUT2D eigenvalue weighted by atomic mass is 10.1. The number of benzene rings is 2. The Labute approximate surface area is 129 Å². The molecule has 0 heterocycles. The fourth-order valence-corrected chi connectivity index (χ4v) is 2.13. The van der Waals surface area contributed by atoms with Crippen molar-refractivity contribution in [2.45, 2.75) is 13.1 Å². The molecular weight excluding hydrogens is 281 g/mol. The van der Waals surface area contributed by atoms with Gasteiger partial charge in [0, 0.05) is 18.8 Å². The molecule has 0 aromatic heterocycles. The Kier molecular flexibility index (Phi) is 5.49. The fourth-order valence-electron chi connectivity index (χ4n) is 2.13. The van der Waals surface area contributed by atoms with Crippen LogP contribution >= 0.6 is 0 Å². The molecule has 0 saturated carbocycles. The van der Waals surface area contributed by atoms with Crippen molar-refractivity contribution < 1.29 is 9.18 Å². The van der Waals surface area contributed by atoms with Crippen LogP contribution in [0, 0.1) is 5.82 Å². The zero-order valence-corrected chi connectivity index (χ0v) is 12.8. The first-order chi connectivity index (χ1) is 10.5. The molecule has 2 N–H and O–H groups in total. The molecule has 0 spiro atoms. The summed E-state index contributed by atoms with van der Waals surface area (Å²) in [7, 11) is 4.02. The lowest BCUT2D eigenvalue weighted by Crippen LogP contribution is -2.28. The average molecular weight is 301 g/mol. The fraction of sp³-hybridized carbons (Fsp3) is 0.235. The van der Waals surface area contributed by atoms with Crippen molar-refractivity contribution in [1.82, 2.24) is 10.2 Å². The predicted octanol–water partition coefficient (Wildman–Crippen LogP) is 3.21. The number of anilines is 1. The zero-order chi connectivity index (χ0) is 15.9. The van der Waals surface area contributed by atoms with Crippen molar-refractivity contribution >= 4 is 11.7 Å². The normalized spacial score (nSPS) is 10.5. The highest BCUT2D eigenvalue weighted by Crippen LogP contribution is 2.09. The van der Waals surface area contributed by atoms with Gasteiger partial charge in [0.1, 0.15) is 5.82 Å². The quantitative estimate of drug-likeness (QED) is 0.890. The Hall–Kier alpha value is -2.40. The predicted molar refractivity (Wildman–Crippen MR) is 86.1 cm³/mol. The van der Waals surface area contributed by atoms with Gasteiger partial charge in [-0.15, -0.1) is 0 Å². The van der Waals surface area contributed by atoms with E-state index in [2.05, 4.69) is 27.7 Å². The van der Waals surface area contributed by atoms with Crippen LogP contribution in [0.3, 0.4) is 0 Å². The molecule has 2 aromatic carbocycles. The van der Waals surface area contributed by atoms with Gasteiger partial charge in [0.15, 0.2) is 0 Å². The van der Waals surface area contributed by atoms with E-state index < -0.39 is 0 Å². The van der Waals surface area contributed by atoms with Gasteiger partial charge in [-0.3, -0.25) is 0 Å². The van der Waals surface area contributed by atoms with E-state index >= 15 is 0 Å². The van der Waals surface area contributed by atoms with Crippen LogP contribution < -0.4 is 10.6 Å². The first kappa shape index (κ1) is 16.0. The molecule has 0 aliphatic heterocycles. The summed E-state index contributed by atoms with van der Waals surface area (Å²) in [4.78, 5) is 13.9. The van der Waals surface area contributed by atoms with Crippen LogP contribution in [0.4, 0.5) is 14.9 Å². The van der Waals surface area contributed by atoms with E-state index in [9.17, 15) is 9.18 Å². The molecule has 22 heavy (non-hydrogen) atoms. The Bertz CT molecular complexity index is 643. The maximum Gasteiger partial charge on any atom is 0.319 e. The minimum absolute atomic E-state index is 0.358. The number of rotatable bonds is 5. The van der Waals surface area contributed by atoms with Crippen molar-refractivity contribution in [3.05, 3.63) is 65.5 Å². The number of hydrogen-bond acceptors (Lipinski definition) is 2. The third-order valence-corrected chi connectivity index (χ3v) is 3.03. The Morgan fingerprint density at radius 2 is 1.82 bits per heavy atom. The van der Waals surface area contributed by atoms with Gasteiger partial charge < -0.3 is 15.5 Å². The zero-order valence-electron chi connectivity index (χ0n) is 12.8. The first-order valence-electron chi connectivity index (χ1n) is 7.06. The molecule has 4 nitrogen and oxygen atoms in total. The molecular formula is C17H20FN3O. The minimum atomic E-state index is -0.380. The Morgan fingerprint density at radius 1 is 1.09 bits per heavy atom. The third-order valence-electron chi connectivity index (χ3n) is 3.03. The van der Waals surface area contributed by atoms with Crippen molar-refractivity contribution in [2.24, 2.45) is 0 Å². The van der Waals surface area contributed by atoms with Crippen molar-refractivity contribution in [3.63, 3.8) is 0 Å². The van der Waals surface area contributed by atoms with Gasteiger partial charge in [0.25, 0.3) is 0 Å². The SMILES string of the molecule is CN(C)Cc1cccc(CNC(=O)Nc2cccc(F)c2)c1. The highest BCUT2D eigenvalue weighted by atomic mass is 19.1. The van der Waals surface area contributed by atoms with Gasteiger partial charge in [0.2, 0.25) is 0 Å². The molecule has 2 rings (SSSR count). The van der Waals surface area contributed by atoms with E-state index in [1.54, 1.807) is 12.1 Å². The molecule has 0 atom stereocenters. The molecule has 116 valence electrons. The summed E-state index contributed by atoms with van der Waals surface area (Å²) < 4.78 is 13.0. The largest absolute Gasteiger partial charge is 0.334 e. The monoisotopic (exact) mass is 301 g/mol. The summed E-state index contributed by atoms with van der Waals surface area (Å²) in [6.07, 6.45) is 0. The number of carbonyl (C=O) groups excluding carboxylic acids is 1. The molecule has 0 bridgehead atoms. The summed E-state index contributed by atoms with van der Waals surface area (Å²) in [5.74, 6) is -0.380. The lowest BCUT2D eigenvalue weighted by molar-refractivity contribution is 0.251. The van der Waals surface area contributed by atoms with E-state index in [0.717, 1.165) is 12.1 Å². The van der Waals surface area contributed by atoms with Crippen molar-refractivity contribution in [3.8, 4) is 0 Å². The van der Waals surface area contributed by atoms with E-state index in [1.165, 1.54) is 17.7 Å². The number of halogens is 1. The lowest BCUT2D eigenvalue weighted by Gasteiger charge is -2.12. The van der Waals surface area contributed by atoms with Crippen molar-refractivity contribution in [2.75, 3.05) is 19.4 Å². The number of hydrogen-bond donors (Lipinski definition) is 2. The van der Waals surface area contributed by atoms with E-state index in [1.807, 2.05) is 26.2 Å². The maximum absolute atomic E-state index is 13.0. The number of amides is 2. The van der Waals surface area contributed by atoms with Crippen LogP contribution in [-0.4, -0.2) is 25.0 Å².